The van der Waals surface area contributed by atoms with E-state index < -0.39 is 114 Å². The summed E-state index contributed by atoms with van der Waals surface area (Å²) in [7, 11) is 3.41. The van der Waals surface area contributed by atoms with Gasteiger partial charge in [0.25, 0.3) is 0 Å². The molecule has 0 bridgehead atoms. The zero-order chi connectivity index (χ0) is 52.2. The lowest BCUT2D eigenvalue weighted by atomic mass is 9.74. The molecule has 3 saturated heterocycles. The minimum Gasteiger partial charge on any atom is -0.491 e. The predicted octanol–water partition coefficient (Wildman–Crippen LogP) is 4.01. The monoisotopic (exact) mass is 1000 g/mol. The number of Topliss-reactive ketones (excluding diaryl/α,β-unsaturated/α-hetero) is 1. The Hall–Kier alpha value is -3.73. The summed E-state index contributed by atoms with van der Waals surface area (Å²) >= 11 is 0. The molecule has 5 N–H and O–H groups in total. The van der Waals surface area contributed by atoms with Gasteiger partial charge in [-0.2, -0.15) is 0 Å². The SMILES string of the molecule is CC[C@H]1OC(=O)[C@H](C)[C@@H](O[C@H]2C[C@@](C)(OC)[C@@H](O)[C@H](C)O2)[C@H](C)[C@@H](O[C@@H]2O[C@H](C)C[C@H](N(C)CCCc3cn(CCOc4cccc5ncccc45)nn3)[C@H]2O)[C@](C)(O)C[C@@H](C)C(=O)[C@H](C)[C@@H](O)[C@]1(C)O. The summed E-state index contributed by atoms with van der Waals surface area (Å²) in [6.45, 7) is 17.9. The Labute approximate surface area is 418 Å². The molecular weight excluding hydrogens is 919 g/mol. The third-order valence-corrected chi connectivity index (χ3v) is 15.4. The second-order valence-corrected chi connectivity index (χ2v) is 21.2. The Morgan fingerprint density at radius 2 is 1.66 bits per heavy atom. The molecule has 3 aliphatic heterocycles. The van der Waals surface area contributed by atoms with E-state index in [1.54, 1.807) is 52.4 Å². The first-order valence-electron chi connectivity index (χ1n) is 25.4. The van der Waals surface area contributed by atoms with E-state index in [1.807, 2.05) is 50.5 Å². The topological polar surface area (TPSA) is 247 Å². The van der Waals surface area contributed by atoms with Gasteiger partial charge in [-0.25, -0.2) is 4.68 Å². The molecule has 0 saturated carbocycles. The van der Waals surface area contributed by atoms with E-state index in [9.17, 15) is 35.1 Å². The molecule has 0 spiro atoms. The Kier molecular flexibility index (Phi) is 18.8. The van der Waals surface area contributed by atoms with Gasteiger partial charge in [-0.3, -0.25) is 14.6 Å². The number of aliphatic hydroxyl groups excluding tert-OH is 3. The van der Waals surface area contributed by atoms with E-state index in [-0.39, 0.29) is 25.4 Å². The number of carbonyl (C=O) groups is 2. The summed E-state index contributed by atoms with van der Waals surface area (Å²) in [5.74, 6) is -4.44. The maximum absolute atomic E-state index is 14.4. The molecular formula is C52H81N5O14. The van der Waals surface area contributed by atoms with Crippen LogP contribution < -0.4 is 4.74 Å². The molecule has 71 heavy (non-hydrogen) atoms. The molecule has 0 amide bonds. The largest absolute Gasteiger partial charge is 0.491 e. The lowest BCUT2D eigenvalue weighted by Gasteiger charge is -2.49. The number of ether oxygens (including phenoxy) is 7. The van der Waals surface area contributed by atoms with Crippen LogP contribution in [0.25, 0.3) is 10.9 Å². The highest BCUT2D eigenvalue weighted by Gasteiger charge is 2.53. The average Bonchev–Trinajstić information content (AvgIpc) is 3.79. The molecule has 19 heteroatoms. The van der Waals surface area contributed by atoms with Gasteiger partial charge in [-0.05, 0) is 112 Å². The second kappa shape index (κ2) is 23.6. The molecule has 2 aromatic heterocycles. The first-order valence-corrected chi connectivity index (χ1v) is 25.4. The highest BCUT2D eigenvalue weighted by Crippen LogP contribution is 2.41. The van der Waals surface area contributed by atoms with Crippen LogP contribution in [0.4, 0.5) is 0 Å². The van der Waals surface area contributed by atoms with Gasteiger partial charge in [0.15, 0.2) is 12.6 Å². The number of ketones is 1. The van der Waals surface area contributed by atoms with Crippen LogP contribution in [0, 0.1) is 23.7 Å². The van der Waals surface area contributed by atoms with Crippen LogP contribution in [0.15, 0.2) is 42.7 Å². The van der Waals surface area contributed by atoms with Gasteiger partial charge in [-0.15, -0.1) is 5.10 Å². The summed E-state index contributed by atoms with van der Waals surface area (Å²) in [5, 5.41) is 68.8. The van der Waals surface area contributed by atoms with E-state index in [0.29, 0.717) is 39.0 Å². The first-order chi connectivity index (χ1) is 33.4. The van der Waals surface area contributed by atoms with Crippen LogP contribution in [0.1, 0.15) is 107 Å². The Balaban J connectivity index is 1.20. The van der Waals surface area contributed by atoms with Gasteiger partial charge in [0, 0.05) is 55.1 Å². The number of hydrogen-bond acceptors (Lipinski definition) is 18. The lowest BCUT2D eigenvalue weighted by Crippen LogP contribution is -2.61. The number of methoxy groups -OCH3 is 1. The molecule has 1 aromatic carbocycles. The van der Waals surface area contributed by atoms with E-state index in [4.69, 9.17) is 33.2 Å². The smallest absolute Gasteiger partial charge is 0.311 e. The van der Waals surface area contributed by atoms with Crippen molar-refractivity contribution in [1.29, 1.82) is 0 Å². The molecule has 3 fully saturated rings. The standard InChI is InChI=1S/C52H81N5O14/c1-13-40-52(10,64)45(60)31(4)42(58)29(2)26-50(8,63)47(32(5)44(33(6)48(62)69-40)70-41-27-51(9,65-12)46(61)34(7)68-41)71-49-43(59)38(25-30(3)67-49)56(11)22-16-17-35-28-57(55-54-35)23-24-66-39-20-14-19-37-36(39)18-15-21-53-37/h14-15,18-21,28-34,38,40-41,43-47,49,59-61,63-64H,13,16-17,22-27H2,1-12H3/t29-,30-,31+,32+,33-,34+,38+,40-,41+,43-,44+,45-,46+,47-,49+,50-,51-,52-/m1/s1. The molecule has 18 atom stereocenters. The van der Waals surface area contributed by atoms with Gasteiger partial charge < -0.3 is 63.6 Å². The van der Waals surface area contributed by atoms with E-state index in [2.05, 4.69) is 20.2 Å². The summed E-state index contributed by atoms with van der Waals surface area (Å²) in [5.41, 5.74) is -3.29. The van der Waals surface area contributed by atoms with Gasteiger partial charge in [0.1, 0.15) is 42.1 Å². The second-order valence-electron chi connectivity index (χ2n) is 21.2. The highest BCUT2D eigenvalue weighted by molar-refractivity contribution is 5.85. The van der Waals surface area contributed by atoms with E-state index in [0.717, 1.165) is 22.3 Å². The van der Waals surface area contributed by atoms with Crippen molar-refractivity contribution in [3.05, 3.63) is 48.4 Å². The van der Waals surface area contributed by atoms with Crippen molar-refractivity contribution in [1.82, 2.24) is 24.9 Å². The number of aliphatic hydroxyl groups is 5. The van der Waals surface area contributed by atoms with Gasteiger partial charge in [-0.1, -0.05) is 39.0 Å². The van der Waals surface area contributed by atoms with Crippen LogP contribution in [-0.2, 0) is 51.0 Å². The third-order valence-electron chi connectivity index (χ3n) is 15.4. The number of rotatable bonds is 15. The molecule has 398 valence electrons. The minimum absolute atomic E-state index is 0.0675. The number of fused-ring (bicyclic) bond motifs is 1. The Bertz CT molecular complexity index is 2210. The third kappa shape index (κ3) is 13.0. The molecule has 6 rings (SSSR count). The predicted molar refractivity (Wildman–Crippen MR) is 261 cm³/mol. The summed E-state index contributed by atoms with van der Waals surface area (Å²) in [6, 6.07) is 9.20. The van der Waals surface area contributed by atoms with Crippen molar-refractivity contribution < 1.29 is 68.3 Å². The van der Waals surface area contributed by atoms with Crippen LogP contribution in [0.3, 0.4) is 0 Å². The van der Waals surface area contributed by atoms with Crippen molar-refractivity contribution in [3.63, 3.8) is 0 Å². The number of carbonyl (C=O) groups excluding carboxylic acids is 2. The van der Waals surface area contributed by atoms with Crippen LogP contribution in [-0.4, -0.2) is 174 Å². The van der Waals surface area contributed by atoms with Gasteiger partial charge in [0.2, 0.25) is 0 Å². The van der Waals surface area contributed by atoms with Crippen molar-refractivity contribution in [2.75, 3.05) is 27.3 Å². The summed E-state index contributed by atoms with van der Waals surface area (Å²) in [4.78, 5) is 34.9. The molecule has 0 unspecified atom stereocenters. The van der Waals surface area contributed by atoms with Gasteiger partial charge >= 0.3 is 5.97 Å². The van der Waals surface area contributed by atoms with Crippen LogP contribution in [0.2, 0.25) is 0 Å². The Morgan fingerprint density at radius 3 is 2.37 bits per heavy atom. The normalized spacial score (nSPS) is 39.0. The molecule has 0 aliphatic carbocycles. The van der Waals surface area contributed by atoms with Gasteiger partial charge in [0.05, 0.1) is 65.4 Å². The Morgan fingerprint density at radius 1 is 0.930 bits per heavy atom. The number of pyridine rings is 1. The number of nitrogens with zero attached hydrogens (tertiary/aromatic N) is 5. The van der Waals surface area contributed by atoms with Crippen molar-refractivity contribution >= 4 is 22.7 Å². The van der Waals surface area contributed by atoms with Crippen molar-refractivity contribution in [3.8, 4) is 5.75 Å². The molecule has 5 heterocycles. The van der Waals surface area contributed by atoms with Crippen LogP contribution in [0.5, 0.6) is 5.75 Å². The van der Waals surface area contributed by atoms with E-state index >= 15 is 0 Å². The number of aryl methyl sites for hydroxylation is 1. The van der Waals surface area contributed by atoms with Crippen molar-refractivity contribution in [2.45, 2.75) is 199 Å². The molecule has 3 aliphatic rings. The quantitative estimate of drug-likeness (QED) is 0.135. The maximum atomic E-state index is 14.4. The number of esters is 1. The number of hydrogen-bond donors (Lipinski definition) is 5. The first kappa shape index (κ1) is 56.6. The summed E-state index contributed by atoms with van der Waals surface area (Å²) in [6.07, 6.45) is -5.41. The fraction of sp³-hybridized carbons (Fsp3) is 0.750. The molecule has 0 radical (unpaired) electrons. The fourth-order valence-electron chi connectivity index (χ4n) is 11.0. The number of likely N-dealkylation sites (N-methyl/N-ethyl adjacent to an activating group) is 1. The molecule has 3 aromatic rings. The molecule has 19 nitrogen and oxygen atoms in total. The lowest BCUT2D eigenvalue weighted by molar-refractivity contribution is -0.318. The van der Waals surface area contributed by atoms with Crippen molar-refractivity contribution in [2.24, 2.45) is 23.7 Å². The average molecular weight is 1000 g/mol. The summed E-state index contributed by atoms with van der Waals surface area (Å²) < 4.78 is 45.7. The number of aromatic nitrogens is 4. The number of benzene rings is 1. The maximum Gasteiger partial charge on any atom is 0.311 e. The fourth-order valence-corrected chi connectivity index (χ4v) is 11.0. The minimum atomic E-state index is -2.03. The zero-order valence-corrected chi connectivity index (χ0v) is 43.7. The zero-order valence-electron chi connectivity index (χ0n) is 43.7. The van der Waals surface area contributed by atoms with Crippen LogP contribution >= 0.6 is 0 Å². The number of cyclic esters (lactones) is 1. The van der Waals surface area contributed by atoms with E-state index in [1.165, 1.54) is 27.9 Å². The highest BCUT2D eigenvalue weighted by atomic mass is 16.7.